The van der Waals surface area contributed by atoms with Gasteiger partial charge in [0.25, 0.3) is 0 Å². The molecule has 0 atom stereocenters. The van der Waals surface area contributed by atoms with Gasteiger partial charge in [0.1, 0.15) is 11.3 Å². The third kappa shape index (κ3) is 4.49. The lowest BCUT2D eigenvalue weighted by Crippen LogP contribution is -2.21. The molecule has 0 aliphatic heterocycles. The molecule has 6 heteroatoms. The summed E-state index contributed by atoms with van der Waals surface area (Å²) >= 11 is 6.02. The van der Waals surface area contributed by atoms with Gasteiger partial charge < -0.3 is 13.9 Å². The molecule has 5 nitrogen and oxygen atoms in total. The lowest BCUT2D eigenvalue weighted by Gasteiger charge is -2.12. The van der Waals surface area contributed by atoms with Gasteiger partial charge in [0.15, 0.2) is 12.4 Å². The number of unbranched alkanes of at least 4 members (excludes halogenated alkanes) is 1. The van der Waals surface area contributed by atoms with Gasteiger partial charge in [0, 0.05) is 0 Å². The molecule has 2 aromatic carbocycles. The van der Waals surface area contributed by atoms with Crippen LogP contribution in [0.15, 0.2) is 57.7 Å². The summed E-state index contributed by atoms with van der Waals surface area (Å²) in [6.45, 7) is 1.69. The van der Waals surface area contributed by atoms with Gasteiger partial charge in [0.05, 0.1) is 16.0 Å². The molecule has 0 saturated heterocycles. The first-order valence-electron chi connectivity index (χ1n) is 8.73. The maximum Gasteiger partial charge on any atom is 0.349 e. The van der Waals surface area contributed by atoms with Crippen LogP contribution in [-0.4, -0.2) is 12.6 Å². The summed E-state index contributed by atoms with van der Waals surface area (Å²) in [6.07, 6.45) is 2.15. The van der Waals surface area contributed by atoms with Crippen molar-refractivity contribution in [2.24, 2.45) is 0 Å². The van der Waals surface area contributed by atoms with Crippen molar-refractivity contribution in [2.45, 2.75) is 26.2 Å². The normalized spacial score (nSPS) is 10.7. The lowest BCUT2D eigenvalue weighted by atomic mass is 10.1. The highest BCUT2D eigenvalue weighted by Crippen LogP contribution is 2.29. The zero-order valence-corrected chi connectivity index (χ0v) is 15.6. The van der Waals surface area contributed by atoms with Gasteiger partial charge in [-0.05, 0) is 37.1 Å². The van der Waals surface area contributed by atoms with Crippen molar-refractivity contribution in [1.82, 2.24) is 0 Å². The SMILES string of the molecule is CCCCc1c(OC(=O)COc2ccccc2Cl)c2ccccc2oc1=O. The van der Waals surface area contributed by atoms with Gasteiger partial charge in [-0.1, -0.05) is 49.2 Å². The number of halogens is 1. The first kappa shape index (κ1) is 19.0. The van der Waals surface area contributed by atoms with Crippen LogP contribution in [0.2, 0.25) is 5.02 Å². The highest BCUT2D eigenvalue weighted by Gasteiger charge is 2.19. The molecule has 1 heterocycles. The average Bonchev–Trinajstić information content (AvgIpc) is 2.67. The highest BCUT2D eigenvalue weighted by atomic mass is 35.5. The minimum atomic E-state index is -0.622. The second-order valence-corrected chi connectivity index (χ2v) is 6.40. The van der Waals surface area contributed by atoms with Crippen molar-refractivity contribution >= 4 is 28.5 Å². The molecular formula is C21H19ClO5. The molecule has 0 fully saturated rings. The summed E-state index contributed by atoms with van der Waals surface area (Å²) in [7, 11) is 0. The number of fused-ring (bicyclic) bond motifs is 1. The number of carbonyl (C=O) groups excluding carboxylic acids is 1. The molecule has 3 rings (SSSR count). The fraction of sp³-hybridized carbons (Fsp3) is 0.238. The summed E-state index contributed by atoms with van der Waals surface area (Å²) in [5.74, 6) is 0.00577. The molecule has 140 valence electrons. The first-order valence-corrected chi connectivity index (χ1v) is 9.10. The molecule has 0 spiro atoms. The Morgan fingerprint density at radius 3 is 2.63 bits per heavy atom. The van der Waals surface area contributed by atoms with E-state index in [0.29, 0.717) is 33.7 Å². The molecule has 1 aromatic heterocycles. The Labute approximate surface area is 161 Å². The van der Waals surface area contributed by atoms with Crippen molar-refractivity contribution in [3.8, 4) is 11.5 Å². The Bertz CT molecular complexity index is 1010. The molecule has 0 bridgehead atoms. The molecule has 0 saturated carbocycles. The molecule has 0 aliphatic rings. The second-order valence-electron chi connectivity index (χ2n) is 5.99. The van der Waals surface area contributed by atoms with Crippen LogP contribution in [0.3, 0.4) is 0 Å². The van der Waals surface area contributed by atoms with Gasteiger partial charge in [-0.3, -0.25) is 0 Å². The van der Waals surface area contributed by atoms with Gasteiger partial charge >= 0.3 is 11.6 Å². The Kier molecular flexibility index (Phi) is 6.14. The fourth-order valence-corrected chi connectivity index (χ4v) is 2.88. The lowest BCUT2D eigenvalue weighted by molar-refractivity contribution is -0.136. The number of hydrogen-bond donors (Lipinski definition) is 0. The van der Waals surface area contributed by atoms with Crippen LogP contribution in [0, 0.1) is 0 Å². The van der Waals surface area contributed by atoms with Crippen LogP contribution in [0.4, 0.5) is 0 Å². The smallest absolute Gasteiger partial charge is 0.349 e. The van der Waals surface area contributed by atoms with E-state index >= 15 is 0 Å². The molecule has 0 amide bonds. The summed E-state index contributed by atoms with van der Waals surface area (Å²) in [6, 6.07) is 13.8. The van der Waals surface area contributed by atoms with E-state index in [2.05, 4.69) is 0 Å². The van der Waals surface area contributed by atoms with Crippen LogP contribution in [0.1, 0.15) is 25.3 Å². The van der Waals surface area contributed by atoms with Crippen LogP contribution >= 0.6 is 11.6 Å². The predicted octanol–water partition coefficient (Wildman–Crippen LogP) is 4.77. The van der Waals surface area contributed by atoms with Crippen molar-refractivity contribution in [3.63, 3.8) is 0 Å². The number of ether oxygens (including phenoxy) is 2. The van der Waals surface area contributed by atoms with E-state index in [1.54, 1.807) is 48.5 Å². The van der Waals surface area contributed by atoms with Crippen molar-refractivity contribution in [1.29, 1.82) is 0 Å². The largest absolute Gasteiger partial charge is 0.480 e. The Morgan fingerprint density at radius 2 is 1.85 bits per heavy atom. The number of carbonyl (C=O) groups is 1. The summed E-state index contributed by atoms with van der Waals surface area (Å²) < 4.78 is 16.3. The zero-order chi connectivity index (χ0) is 19.2. The molecule has 0 unspecified atom stereocenters. The Hall–Kier alpha value is -2.79. The summed E-state index contributed by atoms with van der Waals surface area (Å²) in [5.41, 5.74) is 0.246. The summed E-state index contributed by atoms with van der Waals surface area (Å²) in [4.78, 5) is 24.7. The minimum Gasteiger partial charge on any atom is -0.480 e. The Morgan fingerprint density at radius 1 is 1.11 bits per heavy atom. The Balaban J connectivity index is 1.87. The number of benzene rings is 2. The van der Waals surface area contributed by atoms with E-state index in [1.165, 1.54) is 0 Å². The third-order valence-electron chi connectivity index (χ3n) is 4.03. The second kappa shape index (κ2) is 8.73. The van der Waals surface area contributed by atoms with Crippen LogP contribution in [0.25, 0.3) is 11.0 Å². The van der Waals surface area contributed by atoms with Crippen LogP contribution < -0.4 is 15.1 Å². The van der Waals surface area contributed by atoms with E-state index in [-0.39, 0.29) is 12.4 Å². The van der Waals surface area contributed by atoms with Crippen LogP contribution in [-0.2, 0) is 11.2 Å². The third-order valence-corrected chi connectivity index (χ3v) is 4.35. The number of hydrogen-bond acceptors (Lipinski definition) is 5. The van der Waals surface area contributed by atoms with E-state index in [9.17, 15) is 9.59 Å². The number of esters is 1. The van der Waals surface area contributed by atoms with E-state index in [4.69, 9.17) is 25.5 Å². The van der Waals surface area contributed by atoms with Crippen molar-refractivity contribution < 1.29 is 18.7 Å². The average molecular weight is 387 g/mol. The van der Waals surface area contributed by atoms with E-state index < -0.39 is 11.6 Å². The first-order chi connectivity index (χ1) is 13.1. The monoisotopic (exact) mass is 386 g/mol. The van der Waals surface area contributed by atoms with Gasteiger partial charge in [-0.25, -0.2) is 9.59 Å². The molecule has 3 aromatic rings. The van der Waals surface area contributed by atoms with Crippen LogP contribution in [0.5, 0.6) is 11.5 Å². The minimum absolute atomic E-state index is 0.239. The molecule has 0 aliphatic carbocycles. The van der Waals surface area contributed by atoms with Gasteiger partial charge in [-0.2, -0.15) is 0 Å². The molecule has 27 heavy (non-hydrogen) atoms. The van der Waals surface area contributed by atoms with Crippen molar-refractivity contribution in [3.05, 3.63) is 69.5 Å². The summed E-state index contributed by atoms with van der Waals surface area (Å²) in [5, 5.41) is 0.981. The predicted molar refractivity (Wildman–Crippen MR) is 104 cm³/mol. The maximum atomic E-state index is 12.4. The maximum absolute atomic E-state index is 12.4. The number of para-hydroxylation sites is 2. The zero-order valence-electron chi connectivity index (χ0n) is 14.9. The molecule has 0 radical (unpaired) electrons. The molecular weight excluding hydrogens is 368 g/mol. The topological polar surface area (TPSA) is 65.7 Å². The van der Waals surface area contributed by atoms with E-state index in [0.717, 1.165) is 12.8 Å². The van der Waals surface area contributed by atoms with Crippen molar-refractivity contribution in [2.75, 3.05) is 6.61 Å². The number of rotatable bonds is 7. The highest BCUT2D eigenvalue weighted by molar-refractivity contribution is 6.32. The quantitative estimate of drug-likeness (QED) is 0.432. The van der Waals surface area contributed by atoms with Gasteiger partial charge in [-0.15, -0.1) is 0 Å². The van der Waals surface area contributed by atoms with Gasteiger partial charge in [0.2, 0.25) is 0 Å². The van der Waals surface area contributed by atoms with E-state index in [1.807, 2.05) is 6.92 Å². The molecule has 0 N–H and O–H groups in total. The fourth-order valence-electron chi connectivity index (χ4n) is 2.69. The standard InChI is InChI=1S/C21H19ClO5/c1-2-3-8-15-20(14-9-4-6-11-17(14)26-21(15)24)27-19(23)13-25-18-12-7-5-10-16(18)22/h4-7,9-12H,2-3,8,13H2,1H3.